The number of allylic oxidation sites excluding steroid dienone is 6. The molecule has 20 heavy (non-hydrogen) atoms. The van der Waals surface area contributed by atoms with E-state index in [1.165, 1.54) is 42.4 Å². The van der Waals surface area contributed by atoms with Crippen molar-refractivity contribution < 1.29 is 0 Å². The van der Waals surface area contributed by atoms with Gasteiger partial charge < -0.3 is 0 Å². The fraction of sp³-hybridized carbons (Fsp3) is 0.600. The van der Waals surface area contributed by atoms with Gasteiger partial charge in [0.15, 0.2) is 0 Å². The molecule has 0 nitrogen and oxygen atoms in total. The third-order valence-corrected chi connectivity index (χ3v) is 5.27. The molecule has 0 aliphatic heterocycles. The third-order valence-electron chi connectivity index (χ3n) is 5.27. The first-order valence-electron chi connectivity index (χ1n) is 8.20. The van der Waals surface area contributed by atoms with Gasteiger partial charge in [0.25, 0.3) is 0 Å². The van der Waals surface area contributed by atoms with Crippen molar-refractivity contribution in [3.63, 3.8) is 0 Å². The highest BCUT2D eigenvalue weighted by Crippen LogP contribution is 2.38. The fourth-order valence-corrected chi connectivity index (χ4v) is 3.49. The highest BCUT2D eigenvalue weighted by molar-refractivity contribution is 5.30. The molecule has 0 heteroatoms. The Bertz CT molecular complexity index is 435. The summed E-state index contributed by atoms with van der Waals surface area (Å²) in [6.07, 6.45) is 13.7. The molecular formula is C20H30. The molecule has 2 rings (SSSR count). The molecular weight excluding hydrogens is 240 g/mol. The van der Waals surface area contributed by atoms with E-state index in [0.29, 0.717) is 11.8 Å². The number of hydrogen-bond acceptors (Lipinski definition) is 0. The summed E-state index contributed by atoms with van der Waals surface area (Å²) in [5, 5.41) is 0. The van der Waals surface area contributed by atoms with E-state index >= 15 is 0 Å². The Morgan fingerprint density at radius 3 is 2.85 bits per heavy atom. The number of hydrogen-bond donors (Lipinski definition) is 0. The Hall–Kier alpha value is -1.04. The summed E-state index contributed by atoms with van der Waals surface area (Å²) >= 11 is 0. The van der Waals surface area contributed by atoms with Gasteiger partial charge in [-0.25, -0.2) is 0 Å². The van der Waals surface area contributed by atoms with Gasteiger partial charge >= 0.3 is 0 Å². The molecule has 1 saturated carbocycles. The molecule has 0 N–H and O–H groups in total. The van der Waals surface area contributed by atoms with E-state index in [4.69, 9.17) is 0 Å². The Morgan fingerprint density at radius 2 is 2.15 bits per heavy atom. The molecule has 0 spiro atoms. The zero-order valence-corrected chi connectivity index (χ0v) is 13.5. The SMILES string of the molecule is C=C1C(C)CCCC1CC1C=CC(C[C@H](C)C(=C)C)=C1. The maximum absolute atomic E-state index is 4.35. The molecule has 2 aliphatic rings. The van der Waals surface area contributed by atoms with Gasteiger partial charge in [0.05, 0.1) is 0 Å². The fourth-order valence-electron chi connectivity index (χ4n) is 3.49. The molecule has 3 unspecified atom stereocenters. The summed E-state index contributed by atoms with van der Waals surface area (Å²) in [4.78, 5) is 0. The van der Waals surface area contributed by atoms with Crippen molar-refractivity contribution in [3.05, 3.63) is 48.1 Å². The maximum atomic E-state index is 4.35. The Morgan fingerprint density at radius 1 is 1.40 bits per heavy atom. The van der Waals surface area contributed by atoms with Crippen LogP contribution in [-0.4, -0.2) is 0 Å². The van der Waals surface area contributed by atoms with Crippen molar-refractivity contribution in [1.82, 2.24) is 0 Å². The second kappa shape index (κ2) is 6.61. The van der Waals surface area contributed by atoms with Crippen LogP contribution >= 0.6 is 0 Å². The van der Waals surface area contributed by atoms with Gasteiger partial charge in [-0.15, -0.1) is 0 Å². The van der Waals surface area contributed by atoms with E-state index in [9.17, 15) is 0 Å². The molecule has 0 bridgehead atoms. The minimum absolute atomic E-state index is 0.592. The van der Waals surface area contributed by atoms with Crippen LogP contribution in [0.15, 0.2) is 48.1 Å². The summed E-state index contributed by atoms with van der Waals surface area (Å²) in [5.74, 6) is 2.69. The van der Waals surface area contributed by atoms with E-state index in [1.54, 1.807) is 0 Å². The van der Waals surface area contributed by atoms with Crippen molar-refractivity contribution >= 4 is 0 Å². The van der Waals surface area contributed by atoms with E-state index in [0.717, 1.165) is 18.3 Å². The Kier molecular flexibility index (Phi) is 5.07. The molecule has 0 amide bonds. The van der Waals surface area contributed by atoms with E-state index in [-0.39, 0.29) is 0 Å². The average molecular weight is 270 g/mol. The van der Waals surface area contributed by atoms with Crippen LogP contribution < -0.4 is 0 Å². The van der Waals surface area contributed by atoms with Crippen molar-refractivity contribution in [3.8, 4) is 0 Å². The largest absolute Gasteiger partial charge is 0.0999 e. The normalized spacial score (nSPS) is 31.2. The van der Waals surface area contributed by atoms with Crippen LogP contribution in [0.3, 0.4) is 0 Å². The predicted octanol–water partition coefficient (Wildman–Crippen LogP) is 6.08. The van der Waals surface area contributed by atoms with Crippen molar-refractivity contribution in [2.24, 2.45) is 23.7 Å². The smallest absolute Gasteiger partial charge is 0.00388 e. The molecule has 110 valence electrons. The molecule has 1 fully saturated rings. The molecule has 0 aromatic carbocycles. The van der Waals surface area contributed by atoms with Crippen molar-refractivity contribution in [1.29, 1.82) is 0 Å². The monoisotopic (exact) mass is 270 g/mol. The molecule has 4 atom stereocenters. The van der Waals surface area contributed by atoms with Gasteiger partial charge in [-0.05, 0) is 56.3 Å². The first kappa shape index (κ1) is 15.4. The summed E-state index contributed by atoms with van der Waals surface area (Å²) in [7, 11) is 0. The first-order valence-corrected chi connectivity index (χ1v) is 8.20. The lowest BCUT2D eigenvalue weighted by molar-refractivity contribution is 0.355. The maximum Gasteiger partial charge on any atom is -0.00388 e. The zero-order valence-electron chi connectivity index (χ0n) is 13.5. The molecule has 0 aromatic rings. The molecule has 2 aliphatic carbocycles. The van der Waals surface area contributed by atoms with E-state index < -0.39 is 0 Å². The third kappa shape index (κ3) is 3.75. The van der Waals surface area contributed by atoms with E-state index in [2.05, 4.69) is 52.2 Å². The van der Waals surface area contributed by atoms with Gasteiger partial charge in [0.1, 0.15) is 0 Å². The summed E-state index contributed by atoms with van der Waals surface area (Å²) in [5.41, 5.74) is 4.29. The van der Waals surface area contributed by atoms with Crippen LogP contribution in [0.4, 0.5) is 0 Å². The minimum atomic E-state index is 0.592. The Balaban J connectivity index is 1.89. The average Bonchev–Trinajstić information content (AvgIpc) is 2.82. The van der Waals surface area contributed by atoms with Gasteiger partial charge in [-0.2, -0.15) is 0 Å². The second-order valence-corrected chi connectivity index (χ2v) is 7.06. The van der Waals surface area contributed by atoms with Gasteiger partial charge in [0.2, 0.25) is 0 Å². The van der Waals surface area contributed by atoms with Gasteiger partial charge in [0, 0.05) is 0 Å². The summed E-state index contributed by atoms with van der Waals surface area (Å²) in [6, 6.07) is 0. The Labute approximate surface area is 125 Å². The van der Waals surface area contributed by atoms with Crippen LogP contribution in [0.25, 0.3) is 0 Å². The topological polar surface area (TPSA) is 0 Å². The van der Waals surface area contributed by atoms with Gasteiger partial charge in [-0.3, -0.25) is 0 Å². The zero-order chi connectivity index (χ0) is 14.7. The lowest BCUT2D eigenvalue weighted by atomic mass is 9.75. The standard InChI is InChI=1S/C20H30/c1-14(2)16(4)11-18-9-10-19(12-18)13-20-8-6-7-15(3)17(20)5/h9-10,12,15-16,19-20H,1,5-8,11,13H2,2-4H3/t15?,16-,19?,20?/m0/s1. The van der Waals surface area contributed by atoms with Crippen LogP contribution in [0.2, 0.25) is 0 Å². The van der Waals surface area contributed by atoms with Gasteiger partial charge in [-0.1, -0.05) is 68.4 Å². The lowest BCUT2D eigenvalue weighted by Gasteiger charge is -2.31. The van der Waals surface area contributed by atoms with Crippen molar-refractivity contribution in [2.75, 3.05) is 0 Å². The molecule has 0 radical (unpaired) electrons. The first-order chi connectivity index (χ1) is 9.47. The molecule has 0 aromatic heterocycles. The highest BCUT2D eigenvalue weighted by Gasteiger charge is 2.25. The molecule has 0 saturated heterocycles. The van der Waals surface area contributed by atoms with Crippen LogP contribution in [0, 0.1) is 23.7 Å². The summed E-state index contributed by atoms with van der Waals surface area (Å²) < 4.78 is 0. The second-order valence-electron chi connectivity index (χ2n) is 7.06. The summed E-state index contributed by atoms with van der Waals surface area (Å²) in [6.45, 7) is 15.2. The van der Waals surface area contributed by atoms with Crippen molar-refractivity contribution in [2.45, 2.75) is 52.9 Å². The predicted molar refractivity (Wildman–Crippen MR) is 89.6 cm³/mol. The number of rotatable bonds is 5. The van der Waals surface area contributed by atoms with Crippen LogP contribution in [0.5, 0.6) is 0 Å². The lowest BCUT2D eigenvalue weighted by Crippen LogP contribution is -2.18. The van der Waals surface area contributed by atoms with Crippen LogP contribution in [-0.2, 0) is 0 Å². The molecule has 0 heterocycles. The quantitative estimate of drug-likeness (QED) is 0.531. The van der Waals surface area contributed by atoms with E-state index in [1.807, 2.05) is 0 Å². The highest BCUT2D eigenvalue weighted by atomic mass is 14.3. The van der Waals surface area contributed by atoms with Crippen LogP contribution in [0.1, 0.15) is 52.9 Å². The minimum Gasteiger partial charge on any atom is -0.0999 e.